The molecule has 0 aliphatic heterocycles. The third-order valence-corrected chi connectivity index (χ3v) is 2.47. The molecule has 1 aromatic carbocycles. The van der Waals surface area contributed by atoms with Crippen LogP contribution in [0.15, 0.2) is 36.5 Å². The largest absolute Gasteiger partial charge is 0.392 e. The molecule has 16 heavy (non-hydrogen) atoms. The van der Waals surface area contributed by atoms with E-state index in [0.29, 0.717) is 11.1 Å². The average molecular weight is 217 g/mol. The normalized spacial score (nSPS) is 10.4. The van der Waals surface area contributed by atoms with Gasteiger partial charge in [0.25, 0.3) is 0 Å². The summed E-state index contributed by atoms with van der Waals surface area (Å²) in [7, 11) is 0. The van der Waals surface area contributed by atoms with E-state index in [1.54, 1.807) is 24.4 Å². The monoisotopic (exact) mass is 217 g/mol. The van der Waals surface area contributed by atoms with Crippen LogP contribution in [0.25, 0.3) is 11.1 Å². The van der Waals surface area contributed by atoms with Crippen LogP contribution in [-0.2, 0) is 6.61 Å². The van der Waals surface area contributed by atoms with Gasteiger partial charge in [-0.2, -0.15) is 0 Å². The lowest BCUT2D eigenvalue weighted by molar-refractivity contribution is 0.276. The minimum absolute atomic E-state index is 0.293. The van der Waals surface area contributed by atoms with E-state index in [2.05, 4.69) is 4.98 Å². The van der Waals surface area contributed by atoms with Gasteiger partial charge in [-0.1, -0.05) is 24.3 Å². The van der Waals surface area contributed by atoms with Crippen LogP contribution >= 0.6 is 0 Å². The summed E-state index contributed by atoms with van der Waals surface area (Å²) >= 11 is 0. The van der Waals surface area contributed by atoms with Crippen LogP contribution in [0.3, 0.4) is 0 Å². The van der Waals surface area contributed by atoms with Gasteiger partial charge >= 0.3 is 0 Å². The van der Waals surface area contributed by atoms with Gasteiger partial charge in [-0.05, 0) is 13.0 Å². The molecule has 0 radical (unpaired) electrons. The van der Waals surface area contributed by atoms with Gasteiger partial charge in [-0.3, -0.25) is 4.98 Å². The molecule has 0 saturated heterocycles. The summed E-state index contributed by atoms with van der Waals surface area (Å²) in [6.07, 6.45) is 1.63. The van der Waals surface area contributed by atoms with Gasteiger partial charge in [0, 0.05) is 28.6 Å². The number of hydrogen-bond donors (Lipinski definition) is 1. The lowest BCUT2D eigenvalue weighted by atomic mass is 10.0. The molecule has 3 heteroatoms. The Balaban J connectivity index is 2.51. The van der Waals surface area contributed by atoms with E-state index in [9.17, 15) is 4.39 Å². The summed E-state index contributed by atoms with van der Waals surface area (Å²) in [6, 6.07) is 8.63. The molecule has 0 saturated carbocycles. The Morgan fingerprint density at radius 3 is 2.69 bits per heavy atom. The van der Waals surface area contributed by atoms with Crippen molar-refractivity contribution < 1.29 is 9.50 Å². The van der Waals surface area contributed by atoms with Gasteiger partial charge in [-0.25, -0.2) is 4.39 Å². The fourth-order valence-corrected chi connectivity index (χ4v) is 1.55. The summed E-state index contributed by atoms with van der Waals surface area (Å²) in [5.74, 6) is -0.379. The van der Waals surface area contributed by atoms with E-state index in [1.807, 2.05) is 19.1 Å². The Hall–Kier alpha value is -1.74. The van der Waals surface area contributed by atoms with Crippen molar-refractivity contribution in [2.75, 3.05) is 0 Å². The number of hydrogen-bond acceptors (Lipinski definition) is 2. The van der Waals surface area contributed by atoms with E-state index in [-0.39, 0.29) is 12.4 Å². The van der Waals surface area contributed by atoms with Crippen LogP contribution < -0.4 is 0 Å². The van der Waals surface area contributed by atoms with Crippen molar-refractivity contribution in [3.63, 3.8) is 0 Å². The number of rotatable bonds is 2. The Labute approximate surface area is 93.4 Å². The molecule has 0 unspecified atom stereocenters. The zero-order valence-electron chi connectivity index (χ0n) is 8.94. The summed E-state index contributed by atoms with van der Waals surface area (Å²) in [6.45, 7) is 1.59. The number of pyridine rings is 1. The first-order valence-electron chi connectivity index (χ1n) is 5.03. The lowest BCUT2D eigenvalue weighted by Crippen LogP contribution is -1.93. The minimum atomic E-state index is -0.379. The molecule has 0 atom stereocenters. The molecule has 0 amide bonds. The number of nitrogens with zero attached hydrogens (tertiary/aromatic N) is 1. The Morgan fingerprint density at radius 1 is 1.25 bits per heavy atom. The predicted octanol–water partition coefficient (Wildman–Crippen LogP) is 2.69. The van der Waals surface area contributed by atoms with Crippen LogP contribution in [0.5, 0.6) is 0 Å². The number of benzene rings is 1. The van der Waals surface area contributed by atoms with E-state index < -0.39 is 0 Å². The third-order valence-electron chi connectivity index (χ3n) is 2.47. The maximum absolute atomic E-state index is 13.9. The first kappa shape index (κ1) is 10.8. The summed E-state index contributed by atoms with van der Waals surface area (Å²) < 4.78 is 13.9. The molecule has 0 spiro atoms. The van der Waals surface area contributed by atoms with Crippen molar-refractivity contribution in [1.82, 2.24) is 4.98 Å². The van der Waals surface area contributed by atoms with Gasteiger partial charge in [0.15, 0.2) is 0 Å². The zero-order valence-corrected chi connectivity index (χ0v) is 8.94. The molecular weight excluding hydrogens is 205 g/mol. The summed E-state index contributed by atoms with van der Waals surface area (Å²) in [4.78, 5) is 4.12. The van der Waals surface area contributed by atoms with Crippen molar-refractivity contribution in [3.8, 4) is 11.1 Å². The molecular formula is C13H12FNO. The van der Waals surface area contributed by atoms with Gasteiger partial charge < -0.3 is 5.11 Å². The number of aryl methyl sites for hydroxylation is 1. The van der Waals surface area contributed by atoms with Crippen LogP contribution in [-0.4, -0.2) is 10.1 Å². The molecule has 1 heterocycles. The van der Waals surface area contributed by atoms with E-state index in [0.717, 1.165) is 11.3 Å². The Bertz CT molecular complexity index is 494. The average Bonchev–Trinajstić information content (AvgIpc) is 2.31. The molecule has 0 bridgehead atoms. The van der Waals surface area contributed by atoms with Gasteiger partial charge in [0.05, 0.1) is 6.61 Å². The number of aliphatic hydroxyl groups excluding tert-OH is 1. The minimum Gasteiger partial charge on any atom is -0.392 e. The molecule has 0 fully saturated rings. The van der Waals surface area contributed by atoms with Crippen molar-refractivity contribution in [3.05, 3.63) is 53.6 Å². The van der Waals surface area contributed by atoms with Crippen LogP contribution in [0, 0.1) is 12.7 Å². The second-order valence-corrected chi connectivity index (χ2v) is 3.63. The highest BCUT2D eigenvalue weighted by molar-refractivity contribution is 5.64. The first-order chi connectivity index (χ1) is 7.72. The fraction of sp³-hybridized carbons (Fsp3) is 0.154. The van der Waals surface area contributed by atoms with E-state index in [4.69, 9.17) is 5.11 Å². The molecule has 1 N–H and O–H groups in total. The third kappa shape index (κ3) is 1.95. The highest BCUT2D eigenvalue weighted by Gasteiger charge is 2.08. The maximum Gasteiger partial charge on any atom is 0.136 e. The van der Waals surface area contributed by atoms with E-state index >= 15 is 0 Å². The molecule has 82 valence electrons. The molecule has 2 nitrogen and oxygen atoms in total. The Morgan fingerprint density at radius 2 is 2.06 bits per heavy atom. The fourth-order valence-electron chi connectivity index (χ4n) is 1.55. The smallest absolute Gasteiger partial charge is 0.136 e. The summed E-state index contributed by atoms with van der Waals surface area (Å²) in [5.41, 5.74) is 2.39. The van der Waals surface area contributed by atoms with Crippen LogP contribution in [0.2, 0.25) is 0 Å². The molecule has 2 aromatic rings. The standard InChI is InChI=1S/C13H12FNO/c1-9-5-6-10(7-15-9)12-4-2-3-11(8-16)13(12)14/h2-7,16H,8H2,1H3. The summed E-state index contributed by atoms with van der Waals surface area (Å²) in [5, 5.41) is 8.98. The highest BCUT2D eigenvalue weighted by Crippen LogP contribution is 2.24. The predicted molar refractivity (Wildman–Crippen MR) is 60.3 cm³/mol. The van der Waals surface area contributed by atoms with Gasteiger partial charge in [0.1, 0.15) is 5.82 Å². The van der Waals surface area contributed by atoms with Crippen molar-refractivity contribution in [1.29, 1.82) is 0 Å². The number of aliphatic hydroxyl groups is 1. The van der Waals surface area contributed by atoms with Crippen molar-refractivity contribution in [2.24, 2.45) is 0 Å². The lowest BCUT2D eigenvalue weighted by Gasteiger charge is -2.06. The topological polar surface area (TPSA) is 33.1 Å². The molecule has 0 aliphatic rings. The molecule has 1 aromatic heterocycles. The maximum atomic E-state index is 13.9. The number of halogens is 1. The first-order valence-corrected chi connectivity index (χ1v) is 5.03. The molecule has 0 aliphatic carbocycles. The van der Waals surface area contributed by atoms with Crippen molar-refractivity contribution in [2.45, 2.75) is 13.5 Å². The molecule has 2 rings (SSSR count). The van der Waals surface area contributed by atoms with E-state index in [1.165, 1.54) is 0 Å². The second kappa shape index (κ2) is 4.41. The van der Waals surface area contributed by atoms with Gasteiger partial charge in [-0.15, -0.1) is 0 Å². The second-order valence-electron chi connectivity index (χ2n) is 3.63. The van der Waals surface area contributed by atoms with Crippen molar-refractivity contribution >= 4 is 0 Å². The number of aromatic nitrogens is 1. The van der Waals surface area contributed by atoms with Crippen LogP contribution in [0.4, 0.5) is 4.39 Å². The Kier molecular flexibility index (Phi) is 2.97. The highest BCUT2D eigenvalue weighted by atomic mass is 19.1. The quantitative estimate of drug-likeness (QED) is 0.839. The van der Waals surface area contributed by atoms with Crippen LogP contribution in [0.1, 0.15) is 11.3 Å². The van der Waals surface area contributed by atoms with Gasteiger partial charge in [0.2, 0.25) is 0 Å². The SMILES string of the molecule is Cc1ccc(-c2cccc(CO)c2F)cn1. The zero-order chi connectivity index (χ0) is 11.5.